The molecule has 5 rings (SSSR count). The third-order valence-electron chi connectivity index (χ3n) is 6.99. The number of hydrogen-bond donors (Lipinski definition) is 6. The molecule has 0 bridgehead atoms. The van der Waals surface area contributed by atoms with E-state index in [0.717, 1.165) is 5.52 Å². The number of aliphatic hydroxyl groups is 3. The molecule has 206 valence electrons. The number of carbonyl (C=O) groups is 1. The summed E-state index contributed by atoms with van der Waals surface area (Å²) in [5, 5.41) is 30.5. The third kappa shape index (κ3) is 5.51. The van der Waals surface area contributed by atoms with Crippen molar-refractivity contribution in [2.45, 2.75) is 36.6 Å². The number of aromatic amines is 2. The number of H-pyrrole nitrogens is 2. The van der Waals surface area contributed by atoms with Gasteiger partial charge in [-0.25, -0.2) is 4.98 Å². The summed E-state index contributed by atoms with van der Waals surface area (Å²) in [6.07, 6.45) is 1.93. The Balaban J connectivity index is 1.46. The molecule has 2 aromatic heterocycles. The van der Waals surface area contributed by atoms with E-state index in [1.807, 2.05) is 18.2 Å². The molecular weight excluding hydrogens is 530 g/mol. The summed E-state index contributed by atoms with van der Waals surface area (Å²) in [5.41, 5.74) is 2.16. The summed E-state index contributed by atoms with van der Waals surface area (Å²) in [5.74, 6) is -4.23. The lowest BCUT2D eigenvalue weighted by Crippen LogP contribution is -2.51. The minimum absolute atomic E-state index is 0.102. The molecule has 1 aliphatic rings. The second kappa shape index (κ2) is 10.1. The van der Waals surface area contributed by atoms with Crippen LogP contribution < -0.4 is 5.56 Å². The zero-order chi connectivity index (χ0) is 27.9. The van der Waals surface area contributed by atoms with Gasteiger partial charge in [-0.3, -0.25) is 19.2 Å². The molecule has 6 N–H and O–H groups in total. The third-order valence-corrected chi connectivity index (χ3v) is 7.84. The van der Waals surface area contributed by atoms with Gasteiger partial charge in [-0.2, -0.15) is 13.1 Å². The van der Waals surface area contributed by atoms with Gasteiger partial charge in [0.2, 0.25) is 5.95 Å². The second-order valence-electron chi connectivity index (χ2n) is 9.60. The molecule has 0 saturated carbocycles. The SMILES string of the molecule is O=C(N1CCC(CCc2c(-c3cccc(S(=O)(=O)O)c3)[nH]n(-c3nc4ccccc4[nH]3)c2=O)CC1)C(O)(O)O. The first-order valence-corrected chi connectivity index (χ1v) is 13.7. The number of carbonyl (C=O) groups excluding carboxylic acids is 1. The fraction of sp³-hybridized carbons (Fsp3) is 0.320. The Morgan fingerprint density at radius 3 is 2.46 bits per heavy atom. The Bertz CT molecular complexity index is 1660. The largest absolute Gasteiger partial charge is 0.360 e. The fourth-order valence-corrected chi connectivity index (χ4v) is 5.46. The van der Waals surface area contributed by atoms with Crippen molar-refractivity contribution in [1.29, 1.82) is 0 Å². The molecular formula is C25H27N5O8S. The minimum atomic E-state index is -4.47. The predicted octanol–water partition coefficient (Wildman–Crippen LogP) is 0.757. The highest BCUT2D eigenvalue weighted by atomic mass is 32.2. The lowest BCUT2D eigenvalue weighted by atomic mass is 9.90. The molecule has 39 heavy (non-hydrogen) atoms. The molecule has 3 heterocycles. The van der Waals surface area contributed by atoms with E-state index in [9.17, 15) is 22.6 Å². The Hall–Kier alpha value is -3.82. The summed E-state index contributed by atoms with van der Waals surface area (Å²) >= 11 is 0. The molecule has 1 amide bonds. The van der Waals surface area contributed by atoms with Gasteiger partial charge in [0.05, 0.1) is 21.6 Å². The van der Waals surface area contributed by atoms with Crippen LogP contribution in [0.4, 0.5) is 0 Å². The first-order valence-electron chi connectivity index (χ1n) is 12.3. The molecule has 0 aliphatic carbocycles. The van der Waals surface area contributed by atoms with Gasteiger partial charge < -0.3 is 25.2 Å². The summed E-state index contributed by atoms with van der Waals surface area (Å²) in [7, 11) is -4.47. The summed E-state index contributed by atoms with van der Waals surface area (Å²) in [6, 6.07) is 12.9. The number of likely N-dealkylation sites (tertiary alicyclic amines) is 1. The van der Waals surface area contributed by atoms with Crippen molar-refractivity contribution in [3.63, 3.8) is 0 Å². The monoisotopic (exact) mass is 557 g/mol. The van der Waals surface area contributed by atoms with E-state index in [4.69, 9.17) is 15.3 Å². The molecule has 0 atom stereocenters. The Labute approximate surface area is 222 Å². The van der Waals surface area contributed by atoms with Crippen molar-refractivity contribution in [3.05, 3.63) is 64.4 Å². The zero-order valence-corrected chi connectivity index (χ0v) is 21.4. The van der Waals surface area contributed by atoms with Gasteiger partial charge in [0, 0.05) is 24.2 Å². The number of nitrogens with one attached hydrogen (secondary N) is 2. The van der Waals surface area contributed by atoms with E-state index in [0.29, 0.717) is 48.0 Å². The van der Waals surface area contributed by atoms with Crippen LogP contribution >= 0.6 is 0 Å². The summed E-state index contributed by atoms with van der Waals surface area (Å²) < 4.78 is 34.3. The van der Waals surface area contributed by atoms with Gasteiger partial charge in [-0.05, 0) is 55.9 Å². The molecule has 4 aromatic rings. The molecule has 1 aliphatic heterocycles. The van der Waals surface area contributed by atoms with Gasteiger partial charge in [0.25, 0.3) is 15.7 Å². The highest BCUT2D eigenvalue weighted by Crippen LogP contribution is 2.28. The van der Waals surface area contributed by atoms with Crippen molar-refractivity contribution >= 4 is 27.1 Å². The predicted molar refractivity (Wildman–Crippen MR) is 138 cm³/mol. The molecule has 1 fully saturated rings. The quantitative estimate of drug-likeness (QED) is 0.140. The van der Waals surface area contributed by atoms with E-state index in [2.05, 4.69) is 15.1 Å². The summed E-state index contributed by atoms with van der Waals surface area (Å²) in [4.78, 5) is 34.0. The van der Waals surface area contributed by atoms with Crippen LogP contribution in [0, 0.1) is 5.92 Å². The van der Waals surface area contributed by atoms with E-state index in [1.165, 1.54) is 27.8 Å². The van der Waals surface area contributed by atoms with E-state index < -0.39 is 22.0 Å². The number of fused-ring (bicyclic) bond motifs is 1. The Morgan fingerprint density at radius 1 is 1.08 bits per heavy atom. The van der Waals surface area contributed by atoms with Crippen LogP contribution in [0.5, 0.6) is 0 Å². The van der Waals surface area contributed by atoms with Crippen molar-refractivity contribution in [2.75, 3.05) is 13.1 Å². The standard InChI is InChI=1S/C25H27N5O8S/c31-22-18(9-8-15-10-12-29(13-11-15)23(32)25(33,34)35)21(16-4-3-5-17(14-16)39(36,37)38)28-30(22)24-26-19-6-1-2-7-20(19)27-24/h1-7,14-15,28,33-35H,8-13H2,(H,26,27)(H,36,37,38). The first-order chi connectivity index (χ1) is 18.4. The number of para-hydroxylation sites is 2. The zero-order valence-electron chi connectivity index (χ0n) is 20.6. The van der Waals surface area contributed by atoms with Crippen molar-refractivity contribution in [1.82, 2.24) is 24.6 Å². The van der Waals surface area contributed by atoms with E-state index in [-0.39, 0.29) is 35.4 Å². The Kier molecular flexibility index (Phi) is 6.90. The number of amides is 1. The van der Waals surface area contributed by atoms with Crippen LogP contribution in [0.15, 0.2) is 58.2 Å². The van der Waals surface area contributed by atoms with Crippen LogP contribution in [-0.2, 0) is 21.3 Å². The van der Waals surface area contributed by atoms with Gasteiger partial charge in [0.15, 0.2) is 0 Å². The van der Waals surface area contributed by atoms with Crippen molar-refractivity contribution in [3.8, 4) is 17.2 Å². The average Bonchev–Trinajstić information content (AvgIpc) is 3.47. The highest BCUT2D eigenvalue weighted by molar-refractivity contribution is 7.85. The second-order valence-corrected chi connectivity index (χ2v) is 11.0. The van der Waals surface area contributed by atoms with Crippen LogP contribution in [0.25, 0.3) is 28.2 Å². The minimum Gasteiger partial charge on any atom is -0.336 e. The van der Waals surface area contributed by atoms with E-state index in [1.54, 1.807) is 12.1 Å². The average molecular weight is 558 g/mol. The molecule has 2 aromatic carbocycles. The molecule has 0 spiro atoms. The Morgan fingerprint density at radius 2 is 1.79 bits per heavy atom. The van der Waals surface area contributed by atoms with Gasteiger partial charge in [0.1, 0.15) is 0 Å². The van der Waals surface area contributed by atoms with Gasteiger partial charge in [-0.1, -0.05) is 24.3 Å². The van der Waals surface area contributed by atoms with E-state index >= 15 is 0 Å². The van der Waals surface area contributed by atoms with Crippen LogP contribution in [0.3, 0.4) is 0 Å². The highest BCUT2D eigenvalue weighted by Gasteiger charge is 2.36. The number of rotatable bonds is 7. The molecule has 1 saturated heterocycles. The van der Waals surface area contributed by atoms with Crippen LogP contribution in [0.2, 0.25) is 0 Å². The smallest absolute Gasteiger partial charge is 0.336 e. The number of benzene rings is 2. The molecule has 0 radical (unpaired) electrons. The first kappa shape index (κ1) is 26.8. The number of aromatic nitrogens is 4. The maximum atomic E-state index is 13.6. The topological polar surface area (TPSA) is 202 Å². The maximum absolute atomic E-state index is 13.6. The van der Waals surface area contributed by atoms with Crippen molar-refractivity contribution in [2.24, 2.45) is 5.92 Å². The van der Waals surface area contributed by atoms with Crippen LogP contribution in [-0.4, -0.2) is 77.9 Å². The maximum Gasteiger partial charge on any atom is 0.360 e. The molecule has 13 nitrogen and oxygen atoms in total. The number of piperidine rings is 1. The molecule has 14 heteroatoms. The lowest BCUT2D eigenvalue weighted by Gasteiger charge is -2.33. The number of imidazole rings is 1. The van der Waals surface area contributed by atoms with Gasteiger partial charge >= 0.3 is 11.9 Å². The summed E-state index contributed by atoms with van der Waals surface area (Å²) in [6.45, 7) is 0.430. The lowest BCUT2D eigenvalue weighted by molar-refractivity contribution is -0.295. The van der Waals surface area contributed by atoms with Crippen LogP contribution in [0.1, 0.15) is 24.8 Å². The fourth-order valence-electron chi connectivity index (χ4n) is 4.93. The van der Waals surface area contributed by atoms with Gasteiger partial charge in [-0.15, -0.1) is 0 Å². The normalized spacial score (nSPS) is 15.2. The number of nitrogens with zero attached hydrogens (tertiary/aromatic N) is 3. The van der Waals surface area contributed by atoms with Crippen molar-refractivity contribution < 1.29 is 33.1 Å². The molecule has 0 unspecified atom stereocenters. The number of hydrogen-bond acceptors (Lipinski definition) is 8.